The third-order valence-corrected chi connectivity index (χ3v) is 2.26. The zero-order valence-electron chi connectivity index (χ0n) is 6.79. The zero-order chi connectivity index (χ0) is 8.27. The van der Waals surface area contributed by atoms with Crippen LogP contribution in [-0.4, -0.2) is 11.2 Å². The van der Waals surface area contributed by atoms with Crippen LogP contribution in [0.15, 0.2) is 17.3 Å². The number of hydrogen-bond acceptors (Lipinski definition) is 3. The largest absolute Gasteiger partial charge is 0.326 e. The summed E-state index contributed by atoms with van der Waals surface area (Å²) in [4.78, 5) is 4.21. The fourth-order valence-corrected chi connectivity index (χ4v) is 1.34. The van der Waals surface area contributed by atoms with Crippen molar-refractivity contribution in [3.05, 3.63) is 23.4 Å². The molecule has 0 atom stereocenters. The molecule has 0 bridgehead atoms. The van der Waals surface area contributed by atoms with E-state index in [1.165, 1.54) is 5.56 Å². The Bertz CT molecular complexity index is 248. The van der Waals surface area contributed by atoms with Crippen molar-refractivity contribution in [2.45, 2.75) is 18.5 Å². The molecule has 0 radical (unpaired) electrons. The molecular weight excluding hydrogens is 156 g/mol. The molecule has 0 aromatic carbocycles. The molecule has 0 aliphatic carbocycles. The number of rotatable bonds is 2. The van der Waals surface area contributed by atoms with Gasteiger partial charge in [0.15, 0.2) is 0 Å². The fourth-order valence-electron chi connectivity index (χ4n) is 0.884. The number of aromatic nitrogens is 1. The highest BCUT2D eigenvalue weighted by molar-refractivity contribution is 7.98. The van der Waals surface area contributed by atoms with Gasteiger partial charge in [-0.1, -0.05) is 0 Å². The molecule has 0 aliphatic heterocycles. The molecule has 2 nitrogen and oxygen atoms in total. The first-order valence-electron chi connectivity index (χ1n) is 3.47. The summed E-state index contributed by atoms with van der Waals surface area (Å²) in [5, 5.41) is 1.06. The molecule has 2 N–H and O–H groups in total. The van der Waals surface area contributed by atoms with E-state index < -0.39 is 0 Å². The summed E-state index contributed by atoms with van der Waals surface area (Å²) >= 11 is 1.65. The Labute approximate surface area is 71.2 Å². The lowest BCUT2D eigenvalue weighted by molar-refractivity contribution is 0.988. The molecular formula is C8H12N2S. The highest BCUT2D eigenvalue weighted by Gasteiger charge is 1.97. The van der Waals surface area contributed by atoms with Gasteiger partial charge in [-0.05, 0) is 30.4 Å². The Morgan fingerprint density at radius 1 is 1.64 bits per heavy atom. The van der Waals surface area contributed by atoms with Crippen LogP contribution in [0, 0.1) is 6.92 Å². The third kappa shape index (κ3) is 1.94. The number of aryl methyl sites for hydroxylation is 1. The van der Waals surface area contributed by atoms with Crippen molar-refractivity contribution < 1.29 is 0 Å². The van der Waals surface area contributed by atoms with E-state index in [9.17, 15) is 0 Å². The van der Waals surface area contributed by atoms with Crippen molar-refractivity contribution >= 4 is 11.8 Å². The van der Waals surface area contributed by atoms with E-state index in [2.05, 4.69) is 18.0 Å². The molecule has 3 heteroatoms. The van der Waals surface area contributed by atoms with E-state index in [4.69, 9.17) is 5.73 Å². The molecule has 1 rings (SSSR count). The molecule has 0 unspecified atom stereocenters. The predicted octanol–water partition coefficient (Wildman–Crippen LogP) is 1.57. The van der Waals surface area contributed by atoms with Crippen LogP contribution in [0.25, 0.3) is 0 Å². The van der Waals surface area contributed by atoms with Crippen LogP contribution in [-0.2, 0) is 6.54 Å². The lowest BCUT2D eigenvalue weighted by atomic mass is 10.2. The fraction of sp³-hybridized carbons (Fsp3) is 0.375. The van der Waals surface area contributed by atoms with Gasteiger partial charge in [0.2, 0.25) is 0 Å². The topological polar surface area (TPSA) is 38.9 Å². The monoisotopic (exact) mass is 168 g/mol. The maximum absolute atomic E-state index is 5.50. The van der Waals surface area contributed by atoms with E-state index in [-0.39, 0.29) is 0 Å². The smallest absolute Gasteiger partial charge is 0.0959 e. The normalized spacial score (nSPS) is 10.1. The second-order valence-corrected chi connectivity index (χ2v) is 3.18. The lowest BCUT2D eigenvalue weighted by Gasteiger charge is -2.02. The van der Waals surface area contributed by atoms with Crippen LogP contribution in [0.2, 0.25) is 0 Å². The number of nitrogens with zero attached hydrogens (tertiary/aromatic N) is 1. The van der Waals surface area contributed by atoms with E-state index in [0.29, 0.717) is 6.54 Å². The Morgan fingerprint density at radius 2 is 2.36 bits per heavy atom. The Balaban J connectivity index is 2.99. The molecule has 0 fully saturated rings. The quantitative estimate of drug-likeness (QED) is 0.681. The van der Waals surface area contributed by atoms with Gasteiger partial charge in [-0.25, -0.2) is 4.98 Å². The molecule has 0 amide bonds. The second kappa shape index (κ2) is 3.74. The van der Waals surface area contributed by atoms with Gasteiger partial charge in [-0.15, -0.1) is 11.8 Å². The van der Waals surface area contributed by atoms with Crippen LogP contribution in [0.1, 0.15) is 11.1 Å². The Hall–Kier alpha value is -0.540. The number of hydrogen-bond donors (Lipinski definition) is 1. The van der Waals surface area contributed by atoms with Crippen molar-refractivity contribution in [2.75, 3.05) is 6.26 Å². The van der Waals surface area contributed by atoms with E-state index >= 15 is 0 Å². The highest BCUT2D eigenvalue weighted by Crippen LogP contribution is 2.14. The van der Waals surface area contributed by atoms with E-state index in [1.54, 1.807) is 11.8 Å². The molecule has 0 aliphatic rings. The number of thioether (sulfide) groups is 1. The van der Waals surface area contributed by atoms with Crippen molar-refractivity contribution in [3.8, 4) is 0 Å². The minimum atomic E-state index is 0.577. The summed E-state index contributed by atoms with van der Waals surface area (Å²) in [6.07, 6.45) is 3.87. The molecule has 0 saturated heterocycles. The van der Waals surface area contributed by atoms with Crippen molar-refractivity contribution in [2.24, 2.45) is 5.73 Å². The average Bonchev–Trinajstić information content (AvgIpc) is 2.04. The van der Waals surface area contributed by atoms with Crippen LogP contribution in [0.5, 0.6) is 0 Å². The summed E-state index contributed by atoms with van der Waals surface area (Å²) in [6, 6.07) is 2.06. The molecule has 0 saturated carbocycles. The van der Waals surface area contributed by atoms with Gasteiger partial charge >= 0.3 is 0 Å². The van der Waals surface area contributed by atoms with Gasteiger partial charge in [0.05, 0.1) is 5.03 Å². The maximum Gasteiger partial charge on any atom is 0.0959 e. The van der Waals surface area contributed by atoms with Gasteiger partial charge in [0.25, 0.3) is 0 Å². The van der Waals surface area contributed by atoms with Gasteiger partial charge in [0.1, 0.15) is 0 Å². The molecule has 60 valence electrons. The molecule has 1 aromatic heterocycles. The summed E-state index contributed by atoms with van der Waals surface area (Å²) < 4.78 is 0. The van der Waals surface area contributed by atoms with Crippen LogP contribution < -0.4 is 5.73 Å². The molecule has 0 spiro atoms. The molecule has 1 heterocycles. The number of pyridine rings is 1. The average molecular weight is 168 g/mol. The first-order valence-corrected chi connectivity index (χ1v) is 4.70. The van der Waals surface area contributed by atoms with Gasteiger partial charge in [-0.3, -0.25) is 0 Å². The minimum absolute atomic E-state index is 0.577. The Morgan fingerprint density at radius 3 is 2.82 bits per heavy atom. The summed E-state index contributed by atoms with van der Waals surface area (Å²) in [7, 11) is 0. The maximum atomic E-state index is 5.50. The van der Waals surface area contributed by atoms with E-state index in [0.717, 1.165) is 10.6 Å². The standard InChI is InChI=1S/C8H12N2S/c1-6-3-8(11-2)10-5-7(6)4-9/h3,5H,4,9H2,1-2H3. The van der Waals surface area contributed by atoms with Gasteiger partial charge < -0.3 is 5.73 Å². The third-order valence-electron chi connectivity index (χ3n) is 1.62. The van der Waals surface area contributed by atoms with Crippen molar-refractivity contribution in [1.82, 2.24) is 4.98 Å². The lowest BCUT2D eigenvalue weighted by Crippen LogP contribution is -1.99. The molecule has 11 heavy (non-hydrogen) atoms. The first kappa shape index (κ1) is 8.56. The van der Waals surface area contributed by atoms with Crippen LogP contribution >= 0.6 is 11.8 Å². The predicted molar refractivity (Wildman–Crippen MR) is 48.6 cm³/mol. The zero-order valence-corrected chi connectivity index (χ0v) is 7.61. The second-order valence-electron chi connectivity index (χ2n) is 2.36. The van der Waals surface area contributed by atoms with Crippen molar-refractivity contribution in [3.63, 3.8) is 0 Å². The van der Waals surface area contributed by atoms with Crippen LogP contribution in [0.4, 0.5) is 0 Å². The Kier molecular flexibility index (Phi) is 2.91. The van der Waals surface area contributed by atoms with E-state index in [1.807, 2.05) is 12.5 Å². The molecule has 1 aromatic rings. The summed E-state index contributed by atoms with van der Waals surface area (Å²) in [5.41, 5.74) is 7.85. The highest BCUT2D eigenvalue weighted by atomic mass is 32.2. The van der Waals surface area contributed by atoms with Crippen molar-refractivity contribution in [1.29, 1.82) is 0 Å². The first-order chi connectivity index (χ1) is 5.27. The minimum Gasteiger partial charge on any atom is -0.326 e. The SMILES string of the molecule is CSc1cc(C)c(CN)cn1. The number of nitrogens with two attached hydrogens (primary N) is 1. The van der Waals surface area contributed by atoms with Gasteiger partial charge in [0, 0.05) is 12.7 Å². The summed E-state index contributed by atoms with van der Waals surface area (Å²) in [5.74, 6) is 0. The summed E-state index contributed by atoms with van der Waals surface area (Å²) in [6.45, 7) is 2.64. The van der Waals surface area contributed by atoms with Crippen LogP contribution in [0.3, 0.4) is 0 Å². The van der Waals surface area contributed by atoms with Gasteiger partial charge in [-0.2, -0.15) is 0 Å².